The Hall–Kier alpha value is -3.31. The molecule has 0 atom stereocenters. The maximum absolute atomic E-state index is 13.0. The molecule has 0 unspecified atom stereocenters. The van der Waals surface area contributed by atoms with Crippen LogP contribution in [-0.2, 0) is 9.59 Å². The minimum atomic E-state index is -0.461. The summed E-state index contributed by atoms with van der Waals surface area (Å²) in [4.78, 5) is 27.0. The zero-order chi connectivity index (χ0) is 21.5. The van der Waals surface area contributed by atoms with Crippen molar-refractivity contribution < 1.29 is 9.59 Å². The number of nitrogens with one attached hydrogen (secondary N) is 2. The summed E-state index contributed by atoms with van der Waals surface area (Å²) < 4.78 is 0. The van der Waals surface area contributed by atoms with E-state index < -0.39 is 11.8 Å². The van der Waals surface area contributed by atoms with E-state index in [1.807, 2.05) is 92.9 Å². The van der Waals surface area contributed by atoms with Crippen LogP contribution >= 0.6 is 11.8 Å². The molecule has 3 aromatic rings. The molecule has 2 amide bonds. The summed E-state index contributed by atoms with van der Waals surface area (Å²) in [6.45, 7) is 3.95. The van der Waals surface area contributed by atoms with E-state index in [4.69, 9.17) is 0 Å². The minimum absolute atomic E-state index is 0.0352. The standard InChI is InChI=1S/C25H24N2O2S/c1-17-4-10-20(11-5-17)26-24(28)23(16-19-8-14-22(30-3)15-9-19)25(29)27-21-12-6-18(2)7-13-21/h4-16H,1-3H3,(H,26,28)(H,27,29). The van der Waals surface area contributed by atoms with Crippen LogP contribution in [-0.4, -0.2) is 18.1 Å². The molecule has 0 aromatic heterocycles. The van der Waals surface area contributed by atoms with Crippen LogP contribution in [0.25, 0.3) is 6.08 Å². The average Bonchev–Trinajstić information content (AvgIpc) is 2.75. The van der Waals surface area contributed by atoms with E-state index in [-0.39, 0.29) is 5.57 Å². The zero-order valence-corrected chi connectivity index (χ0v) is 18.0. The van der Waals surface area contributed by atoms with Gasteiger partial charge in [-0.15, -0.1) is 11.8 Å². The predicted molar refractivity (Wildman–Crippen MR) is 126 cm³/mol. The molecule has 3 aromatic carbocycles. The van der Waals surface area contributed by atoms with Crippen LogP contribution in [0.2, 0.25) is 0 Å². The van der Waals surface area contributed by atoms with Gasteiger partial charge < -0.3 is 10.6 Å². The van der Waals surface area contributed by atoms with Crippen molar-refractivity contribution in [3.63, 3.8) is 0 Å². The Balaban J connectivity index is 1.88. The van der Waals surface area contributed by atoms with Crippen LogP contribution in [0.15, 0.2) is 83.3 Å². The molecule has 2 N–H and O–H groups in total. The summed E-state index contributed by atoms with van der Waals surface area (Å²) >= 11 is 1.64. The number of amides is 2. The van der Waals surface area contributed by atoms with Crippen molar-refractivity contribution in [3.05, 3.63) is 95.1 Å². The van der Waals surface area contributed by atoms with Gasteiger partial charge in [0.05, 0.1) is 0 Å². The molecule has 0 heterocycles. The normalized spacial score (nSPS) is 10.2. The highest BCUT2D eigenvalue weighted by Gasteiger charge is 2.19. The van der Waals surface area contributed by atoms with Gasteiger partial charge in [0.1, 0.15) is 5.57 Å². The molecule has 4 nitrogen and oxygen atoms in total. The lowest BCUT2D eigenvalue weighted by Gasteiger charge is -2.11. The first kappa shape index (κ1) is 21.4. The summed E-state index contributed by atoms with van der Waals surface area (Å²) in [7, 11) is 0. The second kappa shape index (κ2) is 9.94. The maximum atomic E-state index is 13.0. The van der Waals surface area contributed by atoms with E-state index in [9.17, 15) is 9.59 Å². The molecule has 0 aliphatic heterocycles. The van der Waals surface area contributed by atoms with E-state index in [0.29, 0.717) is 11.4 Å². The van der Waals surface area contributed by atoms with Crippen molar-refractivity contribution in [1.82, 2.24) is 0 Å². The molecule has 0 saturated carbocycles. The largest absolute Gasteiger partial charge is 0.322 e. The van der Waals surface area contributed by atoms with E-state index in [1.54, 1.807) is 17.8 Å². The van der Waals surface area contributed by atoms with E-state index in [2.05, 4.69) is 10.6 Å². The van der Waals surface area contributed by atoms with Crippen LogP contribution in [0.3, 0.4) is 0 Å². The highest BCUT2D eigenvalue weighted by molar-refractivity contribution is 7.98. The van der Waals surface area contributed by atoms with Gasteiger partial charge >= 0.3 is 0 Å². The van der Waals surface area contributed by atoms with Gasteiger partial charge in [0.2, 0.25) is 0 Å². The third kappa shape index (κ3) is 5.84. The molecule has 152 valence electrons. The Morgan fingerprint density at radius 1 is 0.700 bits per heavy atom. The summed E-state index contributed by atoms with van der Waals surface area (Å²) in [5.74, 6) is -0.921. The number of anilines is 2. The molecule has 0 aliphatic rings. The number of carbonyl (C=O) groups excluding carboxylic acids is 2. The van der Waals surface area contributed by atoms with Gasteiger partial charge in [-0.05, 0) is 68.1 Å². The Labute approximate surface area is 181 Å². The van der Waals surface area contributed by atoms with Gasteiger partial charge in [0.25, 0.3) is 11.8 Å². The fraction of sp³-hybridized carbons (Fsp3) is 0.120. The van der Waals surface area contributed by atoms with E-state index in [0.717, 1.165) is 21.6 Å². The van der Waals surface area contributed by atoms with Crippen LogP contribution in [0.1, 0.15) is 16.7 Å². The maximum Gasteiger partial charge on any atom is 0.261 e. The second-order valence-electron chi connectivity index (χ2n) is 6.97. The molecule has 3 rings (SSSR count). The highest BCUT2D eigenvalue weighted by Crippen LogP contribution is 2.19. The van der Waals surface area contributed by atoms with Gasteiger partial charge in [-0.25, -0.2) is 0 Å². The van der Waals surface area contributed by atoms with E-state index >= 15 is 0 Å². The first-order valence-electron chi connectivity index (χ1n) is 9.56. The fourth-order valence-corrected chi connectivity index (χ4v) is 3.18. The topological polar surface area (TPSA) is 58.2 Å². The van der Waals surface area contributed by atoms with Gasteiger partial charge in [0.15, 0.2) is 0 Å². The smallest absolute Gasteiger partial charge is 0.261 e. The van der Waals surface area contributed by atoms with Crippen molar-refractivity contribution in [1.29, 1.82) is 0 Å². The molecular weight excluding hydrogens is 392 g/mol. The highest BCUT2D eigenvalue weighted by atomic mass is 32.2. The van der Waals surface area contributed by atoms with Gasteiger partial charge in [-0.3, -0.25) is 9.59 Å². The lowest BCUT2D eigenvalue weighted by Crippen LogP contribution is -2.25. The Morgan fingerprint density at radius 2 is 1.13 bits per heavy atom. The number of rotatable bonds is 6. The Bertz CT molecular complexity index is 992. The quantitative estimate of drug-likeness (QED) is 0.235. The first-order valence-corrected chi connectivity index (χ1v) is 10.8. The van der Waals surface area contributed by atoms with Crippen LogP contribution in [0, 0.1) is 13.8 Å². The number of aryl methyl sites for hydroxylation is 2. The first-order chi connectivity index (χ1) is 14.4. The second-order valence-corrected chi connectivity index (χ2v) is 7.85. The van der Waals surface area contributed by atoms with Crippen molar-refractivity contribution in [2.45, 2.75) is 18.7 Å². The Morgan fingerprint density at radius 3 is 1.53 bits per heavy atom. The van der Waals surface area contributed by atoms with Crippen LogP contribution in [0.4, 0.5) is 11.4 Å². The summed E-state index contributed by atoms with van der Waals surface area (Å²) in [6.07, 6.45) is 3.61. The molecule has 30 heavy (non-hydrogen) atoms. The van der Waals surface area contributed by atoms with E-state index in [1.165, 1.54) is 0 Å². The molecule has 0 radical (unpaired) electrons. The molecule has 0 aliphatic carbocycles. The molecule has 0 fully saturated rings. The molecule has 0 saturated heterocycles. The average molecular weight is 417 g/mol. The number of hydrogen-bond acceptors (Lipinski definition) is 3. The van der Waals surface area contributed by atoms with Crippen LogP contribution in [0.5, 0.6) is 0 Å². The Kier molecular flexibility index (Phi) is 7.09. The third-order valence-corrected chi connectivity index (χ3v) is 5.28. The van der Waals surface area contributed by atoms with Gasteiger partial charge in [0, 0.05) is 16.3 Å². The predicted octanol–water partition coefficient (Wildman–Crippen LogP) is 5.69. The number of hydrogen-bond donors (Lipinski definition) is 2. The number of benzene rings is 3. The van der Waals surface area contributed by atoms with Gasteiger partial charge in [-0.2, -0.15) is 0 Å². The van der Waals surface area contributed by atoms with Crippen molar-refractivity contribution >= 4 is 41.0 Å². The monoisotopic (exact) mass is 416 g/mol. The third-order valence-electron chi connectivity index (χ3n) is 4.53. The molecule has 5 heteroatoms. The molecule has 0 bridgehead atoms. The van der Waals surface area contributed by atoms with Crippen LogP contribution < -0.4 is 10.6 Å². The summed E-state index contributed by atoms with van der Waals surface area (Å²) in [5.41, 5.74) is 4.27. The van der Waals surface area contributed by atoms with Gasteiger partial charge in [-0.1, -0.05) is 47.5 Å². The summed E-state index contributed by atoms with van der Waals surface area (Å²) in [5, 5.41) is 5.63. The zero-order valence-electron chi connectivity index (χ0n) is 17.2. The lowest BCUT2D eigenvalue weighted by atomic mass is 10.1. The molecular formula is C25H24N2O2S. The minimum Gasteiger partial charge on any atom is -0.322 e. The van der Waals surface area contributed by atoms with Crippen molar-refractivity contribution in [3.8, 4) is 0 Å². The van der Waals surface area contributed by atoms with Crippen molar-refractivity contribution in [2.24, 2.45) is 0 Å². The number of carbonyl (C=O) groups is 2. The lowest BCUT2D eigenvalue weighted by molar-refractivity contribution is -0.118. The SMILES string of the molecule is CSc1ccc(C=C(C(=O)Nc2ccc(C)cc2)C(=O)Nc2ccc(C)cc2)cc1. The number of thioether (sulfide) groups is 1. The van der Waals surface area contributed by atoms with Crippen molar-refractivity contribution in [2.75, 3.05) is 16.9 Å². The fourth-order valence-electron chi connectivity index (χ4n) is 2.77. The molecule has 0 spiro atoms. The summed E-state index contributed by atoms with van der Waals surface area (Å²) in [6, 6.07) is 22.6.